The third kappa shape index (κ3) is 5.03. The number of aryl methyl sites for hydroxylation is 2. The van der Waals surface area contributed by atoms with Gasteiger partial charge in [0.25, 0.3) is 11.7 Å². The van der Waals surface area contributed by atoms with E-state index in [1.807, 2.05) is 39.8 Å². The highest BCUT2D eigenvalue weighted by Gasteiger charge is 2.46. The van der Waals surface area contributed by atoms with Gasteiger partial charge in [0.15, 0.2) is 0 Å². The number of likely N-dealkylation sites (tertiary alicyclic amines) is 1. The van der Waals surface area contributed by atoms with Crippen molar-refractivity contribution in [2.75, 3.05) is 33.8 Å². The summed E-state index contributed by atoms with van der Waals surface area (Å²) < 4.78 is 5.52. The summed E-state index contributed by atoms with van der Waals surface area (Å²) >= 11 is 0. The average molecular weight is 453 g/mol. The van der Waals surface area contributed by atoms with Crippen LogP contribution in [-0.2, 0) is 9.59 Å². The zero-order valence-electron chi connectivity index (χ0n) is 19.9. The summed E-state index contributed by atoms with van der Waals surface area (Å²) in [5.41, 5.74) is 2.52. The van der Waals surface area contributed by atoms with Crippen molar-refractivity contribution in [1.82, 2.24) is 9.80 Å². The van der Waals surface area contributed by atoms with Crippen LogP contribution in [0.2, 0.25) is 0 Å². The monoisotopic (exact) mass is 452 g/mol. The standard InChI is InChI=1S/C26H32N2O5/c1-6-33-19-10-8-18(9-11-19)23-22(24(30)20-14-16(2)17(3)15-21(20)29)25(31)26(32)28(23)13-7-12-27(4)5/h8-11,14-15,23,29-30H,6-7,12-13H2,1-5H3/b24-22+. The molecule has 1 saturated heterocycles. The van der Waals surface area contributed by atoms with Crippen LogP contribution in [0.15, 0.2) is 42.0 Å². The summed E-state index contributed by atoms with van der Waals surface area (Å²) in [5.74, 6) is -1.24. The number of benzene rings is 2. The van der Waals surface area contributed by atoms with E-state index in [1.54, 1.807) is 36.4 Å². The number of ketones is 1. The minimum atomic E-state index is -0.760. The topological polar surface area (TPSA) is 90.3 Å². The summed E-state index contributed by atoms with van der Waals surface area (Å²) in [4.78, 5) is 29.6. The predicted octanol–water partition coefficient (Wildman–Crippen LogP) is 3.78. The van der Waals surface area contributed by atoms with Crippen LogP contribution in [0, 0.1) is 13.8 Å². The molecule has 1 fully saturated rings. The lowest BCUT2D eigenvalue weighted by molar-refractivity contribution is -0.139. The molecule has 0 spiro atoms. The molecule has 1 amide bonds. The first-order valence-electron chi connectivity index (χ1n) is 11.1. The van der Waals surface area contributed by atoms with Gasteiger partial charge in [-0.1, -0.05) is 12.1 Å². The number of carbonyl (C=O) groups excluding carboxylic acids is 2. The van der Waals surface area contributed by atoms with Crippen LogP contribution in [0.5, 0.6) is 11.5 Å². The summed E-state index contributed by atoms with van der Waals surface area (Å²) in [6.07, 6.45) is 0.669. The Balaban J connectivity index is 2.13. The minimum absolute atomic E-state index is 0.0208. The molecule has 1 heterocycles. The number of hydrogen-bond donors (Lipinski definition) is 2. The molecule has 1 atom stereocenters. The van der Waals surface area contributed by atoms with Crippen molar-refractivity contribution < 1.29 is 24.5 Å². The van der Waals surface area contributed by atoms with Gasteiger partial charge in [-0.05, 0) is 88.8 Å². The first-order valence-corrected chi connectivity index (χ1v) is 11.1. The van der Waals surface area contributed by atoms with E-state index in [9.17, 15) is 19.8 Å². The quantitative estimate of drug-likeness (QED) is 0.360. The molecular weight excluding hydrogens is 420 g/mol. The van der Waals surface area contributed by atoms with Gasteiger partial charge in [0.2, 0.25) is 0 Å². The number of aliphatic hydroxyl groups is 1. The van der Waals surface area contributed by atoms with Gasteiger partial charge >= 0.3 is 0 Å². The molecule has 7 heteroatoms. The number of nitrogens with zero attached hydrogens (tertiary/aromatic N) is 2. The van der Waals surface area contributed by atoms with E-state index in [4.69, 9.17) is 4.74 Å². The van der Waals surface area contributed by atoms with Crippen molar-refractivity contribution in [2.24, 2.45) is 0 Å². The van der Waals surface area contributed by atoms with Gasteiger partial charge in [-0.15, -0.1) is 0 Å². The van der Waals surface area contributed by atoms with Crippen molar-refractivity contribution in [3.05, 3.63) is 64.2 Å². The normalized spacial score (nSPS) is 17.8. The van der Waals surface area contributed by atoms with Gasteiger partial charge < -0.3 is 24.7 Å². The zero-order valence-corrected chi connectivity index (χ0v) is 19.9. The molecular formula is C26H32N2O5. The third-order valence-corrected chi connectivity index (χ3v) is 5.92. The number of aliphatic hydroxyl groups excluding tert-OH is 1. The highest BCUT2D eigenvalue weighted by atomic mass is 16.5. The Morgan fingerprint density at radius 2 is 1.73 bits per heavy atom. The zero-order chi connectivity index (χ0) is 24.3. The summed E-state index contributed by atoms with van der Waals surface area (Å²) in [5, 5.41) is 21.7. The van der Waals surface area contributed by atoms with E-state index in [0.717, 1.165) is 17.7 Å². The van der Waals surface area contributed by atoms with Gasteiger partial charge in [-0.3, -0.25) is 9.59 Å². The molecule has 33 heavy (non-hydrogen) atoms. The fourth-order valence-corrected chi connectivity index (χ4v) is 4.06. The Hall–Kier alpha value is -3.32. The lowest BCUT2D eigenvalue weighted by Crippen LogP contribution is -2.32. The SMILES string of the molecule is CCOc1ccc(C2/C(=C(\O)c3cc(C)c(C)cc3O)C(=O)C(=O)N2CCCN(C)C)cc1. The molecule has 0 aliphatic carbocycles. The van der Waals surface area contributed by atoms with E-state index in [0.29, 0.717) is 30.9 Å². The number of Topliss-reactive ketones (excluding diaryl/α,β-unsaturated/α-hetero) is 1. The Morgan fingerprint density at radius 3 is 2.33 bits per heavy atom. The largest absolute Gasteiger partial charge is 0.507 e. The van der Waals surface area contributed by atoms with Gasteiger partial charge in [0.05, 0.1) is 23.8 Å². The second-order valence-corrected chi connectivity index (χ2v) is 8.60. The number of rotatable bonds is 8. The molecule has 1 aliphatic heterocycles. The molecule has 2 aromatic rings. The van der Waals surface area contributed by atoms with Crippen molar-refractivity contribution in [3.8, 4) is 11.5 Å². The van der Waals surface area contributed by atoms with Crippen molar-refractivity contribution in [1.29, 1.82) is 0 Å². The smallest absolute Gasteiger partial charge is 0.295 e. The van der Waals surface area contributed by atoms with E-state index < -0.39 is 17.7 Å². The molecule has 2 aromatic carbocycles. The highest BCUT2D eigenvalue weighted by molar-refractivity contribution is 6.46. The van der Waals surface area contributed by atoms with E-state index in [2.05, 4.69) is 0 Å². The fourth-order valence-electron chi connectivity index (χ4n) is 4.06. The van der Waals surface area contributed by atoms with Crippen molar-refractivity contribution in [2.45, 2.75) is 33.2 Å². The lowest BCUT2D eigenvalue weighted by atomic mass is 9.93. The first kappa shape index (κ1) is 24.3. The van der Waals surface area contributed by atoms with E-state index in [1.165, 1.54) is 4.90 Å². The fraction of sp³-hybridized carbons (Fsp3) is 0.385. The molecule has 7 nitrogen and oxygen atoms in total. The van der Waals surface area contributed by atoms with Crippen LogP contribution in [0.3, 0.4) is 0 Å². The number of ether oxygens (including phenoxy) is 1. The van der Waals surface area contributed by atoms with Crippen LogP contribution in [0.4, 0.5) is 0 Å². The second-order valence-electron chi connectivity index (χ2n) is 8.60. The summed E-state index contributed by atoms with van der Waals surface area (Å²) in [6, 6.07) is 9.59. The minimum Gasteiger partial charge on any atom is -0.507 e. The maximum Gasteiger partial charge on any atom is 0.295 e. The van der Waals surface area contributed by atoms with Gasteiger partial charge in [-0.2, -0.15) is 0 Å². The van der Waals surface area contributed by atoms with Crippen molar-refractivity contribution >= 4 is 17.4 Å². The van der Waals surface area contributed by atoms with Gasteiger partial charge in [0.1, 0.15) is 17.3 Å². The van der Waals surface area contributed by atoms with Gasteiger partial charge in [-0.25, -0.2) is 0 Å². The number of phenolic OH excluding ortho intramolecular Hbond substituents is 1. The average Bonchev–Trinajstić information content (AvgIpc) is 3.01. The first-order chi connectivity index (χ1) is 15.6. The number of amides is 1. The Kier molecular flexibility index (Phi) is 7.43. The molecule has 1 aliphatic rings. The molecule has 0 bridgehead atoms. The van der Waals surface area contributed by atoms with E-state index in [-0.39, 0.29) is 22.6 Å². The molecule has 1 unspecified atom stereocenters. The van der Waals surface area contributed by atoms with Crippen LogP contribution >= 0.6 is 0 Å². The summed E-state index contributed by atoms with van der Waals surface area (Å²) in [6.45, 7) is 7.23. The lowest BCUT2D eigenvalue weighted by Gasteiger charge is -2.26. The molecule has 0 radical (unpaired) electrons. The van der Waals surface area contributed by atoms with Gasteiger partial charge in [0, 0.05) is 6.54 Å². The van der Waals surface area contributed by atoms with Crippen LogP contribution in [0.1, 0.15) is 41.6 Å². The van der Waals surface area contributed by atoms with Crippen LogP contribution in [0.25, 0.3) is 5.76 Å². The van der Waals surface area contributed by atoms with Crippen molar-refractivity contribution in [3.63, 3.8) is 0 Å². The Morgan fingerprint density at radius 1 is 1.09 bits per heavy atom. The molecule has 0 aromatic heterocycles. The molecule has 2 N–H and O–H groups in total. The number of carbonyl (C=O) groups is 2. The molecule has 176 valence electrons. The maximum atomic E-state index is 13.1. The number of aromatic hydroxyl groups is 1. The van der Waals surface area contributed by atoms with Crippen LogP contribution in [-0.4, -0.2) is 65.5 Å². The second kappa shape index (κ2) is 10.1. The highest BCUT2D eigenvalue weighted by Crippen LogP contribution is 2.41. The number of phenols is 1. The maximum absolute atomic E-state index is 13.1. The Bertz CT molecular complexity index is 1070. The van der Waals surface area contributed by atoms with E-state index >= 15 is 0 Å². The molecule has 0 saturated carbocycles. The Labute approximate surface area is 194 Å². The summed E-state index contributed by atoms with van der Waals surface area (Å²) in [7, 11) is 3.89. The third-order valence-electron chi connectivity index (χ3n) is 5.92. The number of hydrogen-bond acceptors (Lipinski definition) is 6. The van der Waals surface area contributed by atoms with Crippen LogP contribution < -0.4 is 4.74 Å². The predicted molar refractivity (Wildman–Crippen MR) is 127 cm³/mol. The molecule has 3 rings (SSSR count).